The Morgan fingerprint density at radius 2 is 1.00 bits per heavy atom. The molecule has 2 aliphatic heterocycles. The molecule has 0 saturated heterocycles. The number of ether oxygens (including phenoxy) is 4. The maximum Gasteiger partial charge on any atom is 0.347 e. The number of hydrogen-bond donors (Lipinski definition) is 0. The van der Waals surface area contributed by atoms with Crippen LogP contribution < -0.4 is 9.47 Å². The van der Waals surface area contributed by atoms with E-state index in [4.69, 9.17) is 9.47 Å². The van der Waals surface area contributed by atoms with Gasteiger partial charge in [-0.2, -0.15) is 0 Å². The van der Waals surface area contributed by atoms with Crippen LogP contribution >= 0.6 is 0 Å². The molecule has 7 rings (SSSR count). The highest BCUT2D eigenvalue weighted by Crippen LogP contribution is 2.59. The third-order valence-electron chi connectivity index (χ3n) is 7.14. The average Bonchev–Trinajstić information content (AvgIpc) is 3.60. The minimum Gasteiger partial charge on any atom is -0.457 e. The van der Waals surface area contributed by atoms with Crippen molar-refractivity contribution in [3.63, 3.8) is 0 Å². The predicted octanol–water partition coefficient (Wildman–Crippen LogP) is 5.26. The zero-order valence-corrected chi connectivity index (χ0v) is 18.2. The lowest BCUT2D eigenvalue weighted by molar-refractivity contribution is 0.0425. The molecular formula is C27H16O8. The van der Waals surface area contributed by atoms with Crippen LogP contribution in [0.5, 0.6) is 23.0 Å². The third-order valence-corrected chi connectivity index (χ3v) is 7.14. The second kappa shape index (κ2) is 7.02. The van der Waals surface area contributed by atoms with E-state index in [1.54, 1.807) is 12.1 Å². The number of hydrogen-bond acceptors (Lipinski definition) is 8. The number of carbonyl (C=O) groups excluding carboxylic acids is 4. The van der Waals surface area contributed by atoms with Gasteiger partial charge >= 0.3 is 23.9 Å². The molecule has 2 unspecified atom stereocenters. The molecule has 1 saturated carbocycles. The number of fused-ring (bicyclic) bond motifs is 7. The Bertz CT molecular complexity index is 1410. The highest BCUT2D eigenvalue weighted by molar-refractivity contribution is 6.15. The number of esters is 4. The molecule has 0 amide bonds. The minimum absolute atomic E-state index is 0.194. The Hall–Kier alpha value is -4.46. The monoisotopic (exact) mass is 468 g/mol. The van der Waals surface area contributed by atoms with Crippen LogP contribution in [0.15, 0.2) is 48.5 Å². The Morgan fingerprint density at radius 3 is 1.46 bits per heavy atom. The van der Waals surface area contributed by atoms with Gasteiger partial charge < -0.3 is 18.9 Å². The molecule has 0 radical (unpaired) electrons. The van der Waals surface area contributed by atoms with E-state index in [1.807, 2.05) is 12.1 Å². The maximum absolute atomic E-state index is 11.9. The van der Waals surface area contributed by atoms with Gasteiger partial charge in [0, 0.05) is 11.1 Å². The molecule has 8 nitrogen and oxygen atoms in total. The molecule has 4 aliphatic rings. The Labute approximate surface area is 198 Å². The lowest BCUT2D eigenvalue weighted by Crippen LogP contribution is -2.04. The van der Waals surface area contributed by atoms with Crippen LogP contribution in [-0.4, -0.2) is 23.9 Å². The van der Waals surface area contributed by atoms with Gasteiger partial charge in [0.05, 0.1) is 22.3 Å². The molecule has 0 N–H and O–H groups in total. The second-order valence-corrected chi connectivity index (χ2v) is 9.07. The summed E-state index contributed by atoms with van der Waals surface area (Å²) in [5.41, 5.74) is 3.01. The van der Waals surface area contributed by atoms with Gasteiger partial charge in [-0.15, -0.1) is 0 Å². The number of cyclic esters (lactones) is 4. The van der Waals surface area contributed by atoms with Gasteiger partial charge in [-0.25, -0.2) is 19.2 Å². The van der Waals surface area contributed by atoms with E-state index >= 15 is 0 Å². The molecule has 2 heterocycles. The van der Waals surface area contributed by atoms with Crippen molar-refractivity contribution in [2.45, 2.75) is 31.1 Å². The lowest BCUT2D eigenvalue weighted by atomic mass is 9.90. The quantitative estimate of drug-likeness (QED) is 0.377. The van der Waals surface area contributed by atoms with E-state index in [0.717, 1.165) is 30.4 Å². The molecule has 1 fully saturated rings. The molecule has 35 heavy (non-hydrogen) atoms. The van der Waals surface area contributed by atoms with Crippen molar-refractivity contribution in [1.82, 2.24) is 0 Å². The van der Waals surface area contributed by atoms with Crippen molar-refractivity contribution in [3.8, 4) is 23.0 Å². The van der Waals surface area contributed by atoms with E-state index in [9.17, 15) is 19.2 Å². The van der Waals surface area contributed by atoms with E-state index in [0.29, 0.717) is 34.8 Å². The van der Waals surface area contributed by atoms with Crippen molar-refractivity contribution >= 4 is 23.9 Å². The summed E-state index contributed by atoms with van der Waals surface area (Å²) in [6.07, 6.45) is 3.10. The van der Waals surface area contributed by atoms with Gasteiger partial charge in [0.15, 0.2) is 0 Å². The first-order chi connectivity index (χ1) is 17.0. The molecule has 2 atom stereocenters. The Balaban J connectivity index is 1.24. The zero-order valence-electron chi connectivity index (χ0n) is 18.2. The molecule has 0 aromatic heterocycles. The summed E-state index contributed by atoms with van der Waals surface area (Å²) in [6, 6.07) is 13.1. The largest absolute Gasteiger partial charge is 0.457 e. The first kappa shape index (κ1) is 20.0. The summed E-state index contributed by atoms with van der Waals surface area (Å²) in [7, 11) is 0. The molecule has 172 valence electrons. The fourth-order valence-electron chi connectivity index (χ4n) is 5.63. The zero-order chi connectivity index (χ0) is 23.8. The highest BCUT2D eigenvalue weighted by atomic mass is 16.6. The van der Waals surface area contributed by atoms with E-state index < -0.39 is 23.9 Å². The summed E-state index contributed by atoms with van der Waals surface area (Å²) in [5.74, 6) is 0.254. The van der Waals surface area contributed by atoms with Crippen LogP contribution in [0.1, 0.15) is 83.7 Å². The summed E-state index contributed by atoms with van der Waals surface area (Å²) in [6.45, 7) is 0. The van der Waals surface area contributed by atoms with E-state index in [-0.39, 0.29) is 22.3 Å². The third kappa shape index (κ3) is 2.92. The van der Waals surface area contributed by atoms with Gasteiger partial charge in [-0.1, -0.05) is 0 Å². The maximum atomic E-state index is 11.9. The summed E-state index contributed by atoms with van der Waals surface area (Å²) >= 11 is 0. The van der Waals surface area contributed by atoms with Crippen LogP contribution in [0.25, 0.3) is 0 Å². The predicted molar refractivity (Wildman–Crippen MR) is 118 cm³/mol. The first-order valence-electron chi connectivity index (χ1n) is 11.3. The standard InChI is InChI=1S/C27H16O8/c28-24-16-5-3-14(10-18(16)26(30)34-24)32-20-7-8-21(23-13-2-1-12(9-13)22(20)23)33-15-4-6-17-19(11-15)27(31)35-25(17)29/h3-8,10-13H,1-2,9H2. The fourth-order valence-corrected chi connectivity index (χ4v) is 5.63. The first-order valence-corrected chi connectivity index (χ1v) is 11.3. The van der Waals surface area contributed by atoms with Crippen LogP contribution in [0, 0.1) is 0 Å². The van der Waals surface area contributed by atoms with Crippen molar-refractivity contribution in [2.24, 2.45) is 0 Å². The average molecular weight is 468 g/mol. The molecule has 3 aromatic carbocycles. The Morgan fingerprint density at radius 1 is 0.571 bits per heavy atom. The fraction of sp³-hybridized carbons (Fsp3) is 0.185. The highest BCUT2D eigenvalue weighted by Gasteiger charge is 2.42. The van der Waals surface area contributed by atoms with Gasteiger partial charge in [-0.05, 0) is 79.6 Å². The van der Waals surface area contributed by atoms with Crippen LogP contribution in [0.3, 0.4) is 0 Å². The van der Waals surface area contributed by atoms with Crippen molar-refractivity contribution in [2.75, 3.05) is 0 Å². The normalized spacial score (nSPS) is 20.9. The smallest absolute Gasteiger partial charge is 0.347 e. The molecule has 2 bridgehead atoms. The van der Waals surface area contributed by atoms with Gasteiger partial charge in [0.2, 0.25) is 0 Å². The molecular weight excluding hydrogens is 452 g/mol. The molecule has 2 aliphatic carbocycles. The molecule has 0 spiro atoms. The van der Waals surface area contributed by atoms with Crippen molar-refractivity contribution < 1.29 is 38.1 Å². The van der Waals surface area contributed by atoms with Crippen LogP contribution in [0.4, 0.5) is 0 Å². The lowest BCUT2D eigenvalue weighted by Gasteiger charge is -2.22. The summed E-state index contributed by atoms with van der Waals surface area (Å²) in [4.78, 5) is 47.3. The van der Waals surface area contributed by atoms with Crippen LogP contribution in [-0.2, 0) is 9.47 Å². The number of benzene rings is 3. The van der Waals surface area contributed by atoms with E-state index in [2.05, 4.69) is 9.47 Å². The van der Waals surface area contributed by atoms with Crippen molar-refractivity contribution in [3.05, 3.63) is 81.9 Å². The number of rotatable bonds is 4. The second-order valence-electron chi connectivity index (χ2n) is 9.07. The Kier molecular flexibility index (Phi) is 4.00. The topological polar surface area (TPSA) is 105 Å². The van der Waals surface area contributed by atoms with Crippen molar-refractivity contribution in [1.29, 1.82) is 0 Å². The SMILES string of the molecule is O=C1OC(=O)c2cc(Oc3ccc(Oc4ccc5c(c4)C(=O)OC5=O)c4c3C3CCC4C3)ccc21. The van der Waals surface area contributed by atoms with Crippen LogP contribution in [0.2, 0.25) is 0 Å². The summed E-state index contributed by atoms with van der Waals surface area (Å²) < 4.78 is 21.7. The van der Waals surface area contributed by atoms with Gasteiger partial charge in [0.25, 0.3) is 0 Å². The van der Waals surface area contributed by atoms with Gasteiger partial charge in [-0.3, -0.25) is 0 Å². The minimum atomic E-state index is -0.677. The summed E-state index contributed by atoms with van der Waals surface area (Å²) in [5, 5.41) is 0. The molecule has 3 aromatic rings. The number of carbonyl (C=O) groups is 4. The molecule has 8 heteroatoms. The van der Waals surface area contributed by atoms with Gasteiger partial charge in [0.1, 0.15) is 23.0 Å². The van der Waals surface area contributed by atoms with E-state index in [1.165, 1.54) is 24.3 Å².